The first kappa shape index (κ1) is 12.8. The summed E-state index contributed by atoms with van der Waals surface area (Å²) in [5.74, 6) is 0. The third kappa shape index (κ3) is 4.53. The lowest BCUT2D eigenvalue weighted by Crippen LogP contribution is -2.25. The second kappa shape index (κ2) is 7.12. The van der Waals surface area contributed by atoms with E-state index in [1.165, 1.54) is 0 Å². The molecule has 0 saturated carbocycles. The molecule has 0 spiro atoms. The first-order valence-corrected chi connectivity index (χ1v) is 6.08. The average molecular weight is 221 g/mol. The number of nitrogens with zero attached hydrogens (tertiary/aromatic N) is 1. The van der Waals surface area contributed by atoms with Crippen LogP contribution >= 0.6 is 0 Å². The zero-order valence-electron chi connectivity index (χ0n) is 10.4. The van der Waals surface area contributed by atoms with Crippen molar-refractivity contribution in [1.82, 2.24) is 4.90 Å². The van der Waals surface area contributed by atoms with E-state index in [-0.39, 0.29) is 0 Å². The summed E-state index contributed by atoms with van der Waals surface area (Å²) in [7, 11) is 0. The second-order valence-electron chi connectivity index (χ2n) is 3.93. The molecule has 16 heavy (non-hydrogen) atoms. The lowest BCUT2D eigenvalue weighted by Gasteiger charge is -2.17. The predicted octanol–water partition coefficient (Wildman–Crippen LogP) is 2.41. The molecule has 1 aromatic rings. The van der Waals surface area contributed by atoms with Gasteiger partial charge in [-0.1, -0.05) is 19.9 Å². The number of nitrogens with one attached hydrogen (secondary N) is 1. The predicted molar refractivity (Wildman–Crippen MR) is 71.7 cm³/mol. The fourth-order valence-corrected chi connectivity index (χ4v) is 1.72. The summed E-state index contributed by atoms with van der Waals surface area (Å²) < 4.78 is 0. The molecule has 0 aliphatic heterocycles. The van der Waals surface area contributed by atoms with Gasteiger partial charge in [-0.15, -0.1) is 0 Å². The number of rotatable bonds is 7. The van der Waals surface area contributed by atoms with Gasteiger partial charge >= 0.3 is 0 Å². The molecule has 0 saturated heterocycles. The van der Waals surface area contributed by atoms with E-state index in [0.717, 1.165) is 44.0 Å². The minimum Gasteiger partial charge on any atom is -0.399 e. The largest absolute Gasteiger partial charge is 0.399 e. The molecule has 0 radical (unpaired) electrons. The minimum atomic E-state index is 0.814. The monoisotopic (exact) mass is 221 g/mol. The number of hydrogen-bond acceptors (Lipinski definition) is 3. The maximum atomic E-state index is 5.71. The van der Waals surface area contributed by atoms with Crippen LogP contribution in [0.5, 0.6) is 0 Å². The molecule has 0 aliphatic rings. The number of nitrogens with two attached hydrogens (primary N) is 1. The van der Waals surface area contributed by atoms with Gasteiger partial charge in [-0.2, -0.15) is 0 Å². The van der Waals surface area contributed by atoms with Gasteiger partial charge in [0.25, 0.3) is 0 Å². The van der Waals surface area contributed by atoms with Crippen LogP contribution in [-0.4, -0.2) is 31.1 Å². The second-order valence-corrected chi connectivity index (χ2v) is 3.93. The summed E-state index contributed by atoms with van der Waals surface area (Å²) in [6, 6.07) is 7.90. The number of hydrogen-bond donors (Lipinski definition) is 2. The molecule has 3 nitrogen and oxygen atoms in total. The van der Waals surface area contributed by atoms with Crippen molar-refractivity contribution < 1.29 is 0 Å². The Morgan fingerprint density at radius 3 is 2.62 bits per heavy atom. The van der Waals surface area contributed by atoms with Gasteiger partial charge in [0.15, 0.2) is 0 Å². The van der Waals surface area contributed by atoms with E-state index in [2.05, 4.69) is 24.1 Å². The summed E-state index contributed by atoms with van der Waals surface area (Å²) in [5.41, 5.74) is 7.63. The van der Waals surface area contributed by atoms with E-state index in [4.69, 9.17) is 5.73 Å². The lowest BCUT2D eigenvalue weighted by atomic mass is 10.2. The van der Waals surface area contributed by atoms with Crippen molar-refractivity contribution >= 4 is 11.4 Å². The molecule has 1 rings (SSSR count). The van der Waals surface area contributed by atoms with Crippen LogP contribution in [0.25, 0.3) is 0 Å². The van der Waals surface area contributed by atoms with E-state index in [1.54, 1.807) is 0 Å². The van der Waals surface area contributed by atoms with Crippen LogP contribution in [0.1, 0.15) is 20.3 Å². The van der Waals surface area contributed by atoms with Gasteiger partial charge in [0.1, 0.15) is 0 Å². The summed E-state index contributed by atoms with van der Waals surface area (Å²) in [5, 5.41) is 3.38. The molecule has 0 amide bonds. The van der Waals surface area contributed by atoms with Gasteiger partial charge in [0.2, 0.25) is 0 Å². The Labute approximate surface area is 98.6 Å². The smallest absolute Gasteiger partial charge is 0.0360 e. The van der Waals surface area contributed by atoms with Crippen LogP contribution in [0.15, 0.2) is 24.3 Å². The van der Waals surface area contributed by atoms with Crippen molar-refractivity contribution in [2.75, 3.05) is 37.2 Å². The molecular formula is C13H23N3. The van der Waals surface area contributed by atoms with E-state index in [0.29, 0.717) is 0 Å². The van der Waals surface area contributed by atoms with Gasteiger partial charge < -0.3 is 16.0 Å². The van der Waals surface area contributed by atoms with Crippen LogP contribution < -0.4 is 11.1 Å². The average Bonchev–Trinajstić information content (AvgIpc) is 2.29. The highest BCUT2D eigenvalue weighted by molar-refractivity contribution is 5.53. The van der Waals surface area contributed by atoms with Crippen LogP contribution in [0.3, 0.4) is 0 Å². The molecule has 0 heterocycles. The van der Waals surface area contributed by atoms with Gasteiger partial charge in [-0.25, -0.2) is 0 Å². The maximum Gasteiger partial charge on any atom is 0.0360 e. The quantitative estimate of drug-likeness (QED) is 0.549. The lowest BCUT2D eigenvalue weighted by molar-refractivity contribution is 0.303. The van der Waals surface area contributed by atoms with Crippen LogP contribution in [0.4, 0.5) is 11.4 Å². The summed E-state index contributed by atoms with van der Waals surface area (Å²) in [6.45, 7) is 8.83. The molecule has 0 aliphatic carbocycles. The van der Waals surface area contributed by atoms with E-state index in [1.807, 2.05) is 24.3 Å². The third-order valence-corrected chi connectivity index (χ3v) is 2.76. The molecule has 0 bridgehead atoms. The first-order chi connectivity index (χ1) is 7.76. The Hall–Kier alpha value is -1.22. The summed E-state index contributed by atoms with van der Waals surface area (Å²) in [4.78, 5) is 2.43. The standard InChI is InChI=1S/C13H23N3/c1-3-16(4-2)10-6-9-15-13-8-5-7-12(14)11-13/h5,7-8,11,15H,3-4,6,9-10,14H2,1-2H3. The van der Waals surface area contributed by atoms with E-state index in [9.17, 15) is 0 Å². The van der Waals surface area contributed by atoms with Gasteiger partial charge in [-0.05, 0) is 44.3 Å². The zero-order chi connectivity index (χ0) is 11.8. The van der Waals surface area contributed by atoms with E-state index < -0.39 is 0 Å². The molecule has 3 heteroatoms. The molecule has 0 fully saturated rings. The molecular weight excluding hydrogens is 198 g/mol. The topological polar surface area (TPSA) is 41.3 Å². The normalized spacial score (nSPS) is 10.7. The van der Waals surface area contributed by atoms with E-state index >= 15 is 0 Å². The number of nitrogen functional groups attached to an aromatic ring is 1. The van der Waals surface area contributed by atoms with Crippen molar-refractivity contribution in [2.24, 2.45) is 0 Å². The van der Waals surface area contributed by atoms with Crippen molar-refractivity contribution in [3.8, 4) is 0 Å². The Morgan fingerprint density at radius 2 is 2.00 bits per heavy atom. The molecule has 0 atom stereocenters. The zero-order valence-corrected chi connectivity index (χ0v) is 10.4. The van der Waals surface area contributed by atoms with Crippen LogP contribution in [0, 0.1) is 0 Å². The van der Waals surface area contributed by atoms with Crippen LogP contribution in [0.2, 0.25) is 0 Å². The number of anilines is 2. The van der Waals surface area contributed by atoms with Crippen molar-refractivity contribution in [1.29, 1.82) is 0 Å². The highest BCUT2D eigenvalue weighted by atomic mass is 15.1. The fraction of sp³-hybridized carbons (Fsp3) is 0.538. The Bertz CT molecular complexity index is 295. The maximum absolute atomic E-state index is 5.71. The van der Waals surface area contributed by atoms with Crippen molar-refractivity contribution in [2.45, 2.75) is 20.3 Å². The Balaban J connectivity index is 2.20. The summed E-state index contributed by atoms with van der Waals surface area (Å²) in [6.07, 6.45) is 1.16. The SMILES string of the molecule is CCN(CC)CCCNc1cccc(N)c1. The molecule has 0 unspecified atom stereocenters. The summed E-state index contributed by atoms with van der Waals surface area (Å²) >= 11 is 0. The van der Waals surface area contributed by atoms with Gasteiger partial charge in [0.05, 0.1) is 0 Å². The molecule has 0 aromatic heterocycles. The molecule has 1 aromatic carbocycles. The van der Waals surface area contributed by atoms with Gasteiger partial charge in [0, 0.05) is 17.9 Å². The highest BCUT2D eigenvalue weighted by Crippen LogP contribution is 2.11. The van der Waals surface area contributed by atoms with Crippen LogP contribution in [-0.2, 0) is 0 Å². The van der Waals surface area contributed by atoms with Crippen molar-refractivity contribution in [3.63, 3.8) is 0 Å². The highest BCUT2D eigenvalue weighted by Gasteiger charge is 1.98. The molecule has 3 N–H and O–H groups in total. The number of benzene rings is 1. The van der Waals surface area contributed by atoms with Crippen molar-refractivity contribution in [3.05, 3.63) is 24.3 Å². The first-order valence-electron chi connectivity index (χ1n) is 6.08. The van der Waals surface area contributed by atoms with Gasteiger partial charge in [-0.3, -0.25) is 0 Å². The Morgan fingerprint density at radius 1 is 1.25 bits per heavy atom. The fourth-order valence-electron chi connectivity index (χ4n) is 1.72. The Kier molecular flexibility index (Phi) is 5.72. The molecule has 90 valence electrons. The third-order valence-electron chi connectivity index (χ3n) is 2.76. The minimum absolute atomic E-state index is 0.814.